The molecular weight excluding hydrogens is 242 g/mol. The molecule has 2 N–H and O–H groups in total. The molecule has 1 aromatic heterocycles. The van der Waals surface area contributed by atoms with E-state index in [0.717, 1.165) is 0 Å². The van der Waals surface area contributed by atoms with Gasteiger partial charge in [-0.25, -0.2) is 4.98 Å². The quantitative estimate of drug-likeness (QED) is 0.818. The lowest BCUT2D eigenvalue weighted by molar-refractivity contribution is -0.141. The number of amides is 1. The molecule has 0 spiro atoms. The highest BCUT2D eigenvalue weighted by molar-refractivity contribution is 7.13. The molecule has 1 aliphatic heterocycles. The second-order valence-corrected chi connectivity index (χ2v) is 4.84. The molecule has 1 saturated heterocycles. The number of carbonyl (C=O) groups excluding carboxylic acids is 1. The Hall–Kier alpha value is -1.47. The fourth-order valence-electron chi connectivity index (χ4n) is 1.82. The fourth-order valence-corrected chi connectivity index (χ4v) is 2.37. The fraction of sp³-hybridized carbons (Fsp3) is 0.500. The highest BCUT2D eigenvalue weighted by atomic mass is 32.1. The minimum atomic E-state index is -0.784. The zero-order chi connectivity index (χ0) is 12.3. The van der Waals surface area contributed by atoms with E-state index in [-0.39, 0.29) is 18.4 Å². The number of rotatable bonds is 4. The second-order valence-electron chi connectivity index (χ2n) is 3.94. The monoisotopic (exact) mass is 255 g/mol. The van der Waals surface area contributed by atoms with Crippen molar-refractivity contribution in [2.75, 3.05) is 25.0 Å². The van der Waals surface area contributed by atoms with E-state index in [4.69, 9.17) is 5.11 Å². The second kappa shape index (κ2) is 5.24. The number of nitrogens with one attached hydrogen (secondary N) is 1. The zero-order valence-electron chi connectivity index (χ0n) is 9.13. The van der Waals surface area contributed by atoms with Crippen molar-refractivity contribution in [1.29, 1.82) is 0 Å². The van der Waals surface area contributed by atoms with Crippen LogP contribution in [0.4, 0.5) is 5.13 Å². The van der Waals surface area contributed by atoms with Gasteiger partial charge in [0.25, 0.3) is 0 Å². The smallest absolute Gasteiger partial charge is 0.307 e. The molecular formula is C10H13N3O3S. The van der Waals surface area contributed by atoms with Crippen molar-refractivity contribution >= 4 is 28.3 Å². The van der Waals surface area contributed by atoms with Crippen molar-refractivity contribution in [1.82, 2.24) is 9.88 Å². The van der Waals surface area contributed by atoms with Crippen LogP contribution in [-0.4, -0.2) is 46.5 Å². The number of anilines is 1. The van der Waals surface area contributed by atoms with Gasteiger partial charge in [0, 0.05) is 18.1 Å². The van der Waals surface area contributed by atoms with E-state index >= 15 is 0 Å². The summed E-state index contributed by atoms with van der Waals surface area (Å²) in [5.41, 5.74) is 0. The highest BCUT2D eigenvalue weighted by Crippen LogP contribution is 2.16. The summed E-state index contributed by atoms with van der Waals surface area (Å²) < 4.78 is 0. The number of nitrogens with zero attached hydrogens (tertiary/aromatic N) is 2. The van der Waals surface area contributed by atoms with E-state index in [9.17, 15) is 9.59 Å². The Morgan fingerprint density at radius 1 is 1.65 bits per heavy atom. The van der Waals surface area contributed by atoms with E-state index in [1.807, 2.05) is 4.90 Å². The molecule has 6 nitrogen and oxygen atoms in total. The van der Waals surface area contributed by atoms with E-state index in [2.05, 4.69) is 10.3 Å². The van der Waals surface area contributed by atoms with Gasteiger partial charge in [0.1, 0.15) is 0 Å². The molecule has 1 atom stereocenters. The van der Waals surface area contributed by atoms with E-state index in [1.165, 1.54) is 11.3 Å². The molecule has 0 unspecified atom stereocenters. The van der Waals surface area contributed by atoms with Crippen LogP contribution < -0.4 is 5.32 Å². The van der Waals surface area contributed by atoms with Gasteiger partial charge in [0.2, 0.25) is 5.91 Å². The lowest BCUT2D eigenvalue weighted by atomic mass is 10.1. The van der Waals surface area contributed by atoms with Gasteiger partial charge in [-0.3, -0.25) is 14.5 Å². The maximum atomic E-state index is 11.6. The van der Waals surface area contributed by atoms with Gasteiger partial charge in [-0.15, -0.1) is 11.3 Å². The Bertz CT molecular complexity index is 407. The topological polar surface area (TPSA) is 82.5 Å². The molecule has 1 aromatic rings. The van der Waals surface area contributed by atoms with Gasteiger partial charge < -0.3 is 10.4 Å². The van der Waals surface area contributed by atoms with Gasteiger partial charge >= 0.3 is 5.97 Å². The predicted octanol–water partition coefficient (Wildman–Crippen LogP) is 0.488. The molecule has 1 amide bonds. The van der Waals surface area contributed by atoms with E-state index in [0.29, 0.717) is 24.6 Å². The standard InChI is InChI=1S/C10H13N3O3S/c14-8(12-10-11-2-4-17-10)6-13-3-1-7(5-13)9(15)16/h2,4,7H,1,3,5-6H2,(H,15,16)(H,11,12,14)/t7-/m1/s1. The molecule has 92 valence electrons. The Morgan fingerprint density at radius 3 is 3.06 bits per heavy atom. The Kier molecular flexibility index (Phi) is 3.70. The van der Waals surface area contributed by atoms with E-state index in [1.54, 1.807) is 11.6 Å². The van der Waals surface area contributed by atoms with Crippen molar-refractivity contribution in [3.8, 4) is 0 Å². The number of aliphatic carboxylic acids is 1. The molecule has 7 heteroatoms. The Morgan fingerprint density at radius 2 is 2.47 bits per heavy atom. The average Bonchev–Trinajstić information content (AvgIpc) is 2.88. The lowest BCUT2D eigenvalue weighted by Gasteiger charge is -2.13. The lowest BCUT2D eigenvalue weighted by Crippen LogP contribution is -2.32. The van der Waals surface area contributed by atoms with Crippen LogP contribution in [0.1, 0.15) is 6.42 Å². The van der Waals surface area contributed by atoms with Gasteiger partial charge in [0.05, 0.1) is 12.5 Å². The van der Waals surface area contributed by atoms with Crippen LogP contribution in [0.5, 0.6) is 0 Å². The van der Waals surface area contributed by atoms with Crippen LogP contribution in [0.15, 0.2) is 11.6 Å². The molecule has 17 heavy (non-hydrogen) atoms. The summed E-state index contributed by atoms with van der Waals surface area (Å²) in [7, 11) is 0. The van der Waals surface area contributed by atoms with Crippen molar-refractivity contribution in [2.45, 2.75) is 6.42 Å². The maximum absolute atomic E-state index is 11.6. The molecule has 0 aromatic carbocycles. The maximum Gasteiger partial charge on any atom is 0.307 e. The van der Waals surface area contributed by atoms with Crippen LogP contribution in [0.3, 0.4) is 0 Å². The largest absolute Gasteiger partial charge is 0.481 e. The third kappa shape index (κ3) is 3.24. The summed E-state index contributed by atoms with van der Waals surface area (Å²) in [6.45, 7) is 1.33. The van der Waals surface area contributed by atoms with Crippen LogP contribution in [0, 0.1) is 5.92 Å². The van der Waals surface area contributed by atoms with Gasteiger partial charge in [-0.2, -0.15) is 0 Å². The van der Waals surface area contributed by atoms with Crippen molar-refractivity contribution in [2.24, 2.45) is 5.92 Å². The van der Waals surface area contributed by atoms with Crippen LogP contribution in [0.25, 0.3) is 0 Å². The van der Waals surface area contributed by atoms with Crippen LogP contribution >= 0.6 is 11.3 Å². The first-order valence-corrected chi connectivity index (χ1v) is 6.17. The number of likely N-dealkylation sites (tertiary alicyclic amines) is 1. The molecule has 0 bridgehead atoms. The molecule has 0 saturated carbocycles. The average molecular weight is 255 g/mol. The first-order valence-electron chi connectivity index (χ1n) is 5.29. The minimum Gasteiger partial charge on any atom is -0.481 e. The predicted molar refractivity (Wildman–Crippen MR) is 62.9 cm³/mol. The van der Waals surface area contributed by atoms with Crippen molar-refractivity contribution in [3.63, 3.8) is 0 Å². The first kappa shape index (κ1) is 12.0. The van der Waals surface area contributed by atoms with Gasteiger partial charge in [-0.05, 0) is 13.0 Å². The molecule has 2 rings (SSSR count). The summed E-state index contributed by atoms with van der Waals surface area (Å²) in [5.74, 6) is -1.28. The number of hydrogen-bond donors (Lipinski definition) is 2. The number of carboxylic acids is 1. The number of carboxylic acid groups (broad SMARTS) is 1. The first-order chi connectivity index (χ1) is 8.15. The van der Waals surface area contributed by atoms with Crippen molar-refractivity contribution < 1.29 is 14.7 Å². The molecule has 0 aliphatic carbocycles. The number of thiazole rings is 1. The third-order valence-corrected chi connectivity index (χ3v) is 3.36. The summed E-state index contributed by atoms with van der Waals surface area (Å²) in [4.78, 5) is 28.2. The summed E-state index contributed by atoms with van der Waals surface area (Å²) in [5, 5.41) is 13.9. The number of carbonyl (C=O) groups is 2. The number of aromatic nitrogens is 1. The molecule has 2 heterocycles. The van der Waals surface area contributed by atoms with Crippen LogP contribution in [-0.2, 0) is 9.59 Å². The van der Waals surface area contributed by atoms with Gasteiger partial charge in [0.15, 0.2) is 5.13 Å². The van der Waals surface area contributed by atoms with E-state index < -0.39 is 5.97 Å². The molecule has 0 radical (unpaired) electrons. The SMILES string of the molecule is O=C(CN1CC[C@@H](C(=O)O)C1)Nc1nccs1. The Balaban J connectivity index is 1.78. The Labute approximate surface area is 102 Å². The highest BCUT2D eigenvalue weighted by Gasteiger charge is 2.28. The summed E-state index contributed by atoms with van der Waals surface area (Å²) >= 11 is 1.36. The van der Waals surface area contributed by atoms with Crippen molar-refractivity contribution in [3.05, 3.63) is 11.6 Å². The zero-order valence-corrected chi connectivity index (χ0v) is 9.94. The normalized spacial score (nSPS) is 20.4. The third-order valence-electron chi connectivity index (χ3n) is 2.67. The summed E-state index contributed by atoms with van der Waals surface area (Å²) in [6.07, 6.45) is 2.23. The van der Waals surface area contributed by atoms with Crippen LogP contribution in [0.2, 0.25) is 0 Å². The van der Waals surface area contributed by atoms with Gasteiger partial charge in [-0.1, -0.05) is 0 Å². The minimum absolute atomic E-state index is 0.147. The summed E-state index contributed by atoms with van der Waals surface area (Å²) in [6, 6.07) is 0. The molecule has 1 fully saturated rings. The molecule has 1 aliphatic rings. The number of hydrogen-bond acceptors (Lipinski definition) is 5.